The number of rotatable bonds is 7. The van der Waals surface area contributed by atoms with Crippen molar-refractivity contribution in [1.29, 1.82) is 0 Å². The summed E-state index contributed by atoms with van der Waals surface area (Å²) in [6.07, 6.45) is 1.90. The van der Waals surface area contributed by atoms with Crippen LogP contribution < -0.4 is 10.6 Å². The molecule has 1 aromatic carbocycles. The predicted octanol–water partition coefficient (Wildman–Crippen LogP) is 3.07. The van der Waals surface area contributed by atoms with Crippen LogP contribution in [-0.4, -0.2) is 73.3 Å². The van der Waals surface area contributed by atoms with Crippen molar-refractivity contribution in [3.05, 3.63) is 35.9 Å². The van der Waals surface area contributed by atoms with Crippen molar-refractivity contribution in [3.63, 3.8) is 0 Å². The van der Waals surface area contributed by atoms with E-state index in [-0.39, 0.29) is 6.09 Å². The molecular weight excluding hydrogens is 378 g/mol. The normalized spacial score (nSPS) is 16.2. The Morgan fingerprint density at radius 3 is 2.47 bits per heavy atom. The Bertz CT molecular complexity index is 664. The molecule has 1 saturated heterocycles. The summed E-state index contributed by atoms with van der Waals surface area (Å²) in [6.45, 7) is 12.6. The Morgan fingerprint density at radius 1 is 1.23 bits per heavy atom. The second-order valence-corrected chi connectivity index (χ2v) is 8.74. The molecule has 1 heterocycles. The highest BCUT2D eigenvalue weighted by Crippen LogP contribution is 2.14. The number of carbonyl (C=O) groups excluding carboxylic acids is 1. The fraction of sp³-hybridized carbons (Fsp3) is 0.652. The third kappa shape index (κ3) is 8.61. The van der Waals surface area contributed by atoms with Crippen LogP contribution in [0.5, 0.6) is 0 Å². The highest BCUT2D eigenvalue weighted by molar-refractivity contribution is 5.80. The molecule has 7 nitrogen and oxygen atoms in total. The molecule has 0 unspecified atom stereocenters. The Morgan fingerprint density at radius 2 is 1.90 bits per heavy atom. The van der Waals surface area contributed by atoms with Gasteiger partial charge in [0.15, 0.2) is 5.96 Å². The fourth-order valence-corrected chi connectivity index (χ4v) is 3.48. The van der Waals surface area contributed by atoms with Crippen molar-refractivity contribution in [2.75, 3.05) is 39.8 Å². The van der Waals surface area contributed by atoms with Crippen LogP contribution in [0.25, 0.3) is 0 Å². The molecule has 0 saturated carbocycles. The zero-order valence-electron chi connectivity index (χ0n) is 19.3. The number of hydrogen-bond acceptors (Lipinski definition) is 4. The topological polar surface area (TPSA) is 69.2 Å². The van der Waals surface area contributed by atoms with Crippen LogP contribution in [0.1, 0.15) is 46.1 Å². The molecule has 0 aromatic heterocycles. The van der Waals surface area contributed by atoms with Crippen LogP contribution >= 0.6 is 0 Å². The van der Waals surface area contributed by atoms with Crippen molar-refractivity contribution in [1.82, 2.24) is 20.4 Å². The van der Waals surface area contributed by atoms with Gasteiger partial charge in [-0.3, -0.25) is 9.89 Å². The molecule has 0 spiro atoms. The highest BCUT2D eigenvalue weighted by atomic mass is 16.6. The molecule has 1 fully saturated rings. The van der Waals surface area contributed by atoms with Gasteiger partial charge < -0.3 is 20.3 Å². The van der Waals surface area contributed by atoms with Crippen molar-refractivity contribution in [2.24, 2.45) is 4.99 Å². The summed E-state index contributed by atoms with van der Waals surface area (Å²) >= 11 is 0. The van der Waals surface area contributed by atoms with Crippen LogP contribution in [0.4, 0.5) is 4.79 Å². The third-order valence-electron chi connectivity index (χ3n) is 5.11. The van der Waals surface area contributed by atoms with Gasteiger partial charge in [-0.25, -0.2) is 4.79 Å². The average molecular weight is 418 g/mol. The van der Waals surface area contributed by atoms with E-state index >= 15 is 0 Å². The van der Waals surface area contributed by atoms with Crippen molar-refractivity contribution < 1.29 is 9.53 Å². The lowest BCUT2D eigenvalue weighted by molar-refractivity contribution is 0.0264. The predicted molar refractivity (Wildman–Crippen MR) is 123 cm³/mol. The van der Waals surface area contributed by atoms with E-state index in [1.54, 1.807) is 11.9 Å². The minimum Gasteiger partial charge on any atom is -0.444 e. The molecule has 168 valence electrons. The maximum absolute atomic E-state index is 12.2. The molecule has 1 aliphatic rings. The monoisotopic (exact) mass is 417 g/mol. The van der Waals surface area contributed by atoms with Crippen molar-refractivity contribution >= 4 is 12.1 Å². The number of hydrogen-bond donors (Lipinski definition) is 2. The minimum atomic E-state index is -0.481. The molecule has 2 rings (SSSR count). The first-order chi connectivity index (χ1) is 14.3. The lowest BCUT2D eigenvalue weighted by Gasteiger charge is -2.33. The van der Waals surface area contributed by atoms with Gasteiger partial charge in [0.1, 0.15) is 5.60 Å². The summed E-state index contributed by atoms with van der Waals surface area (Å²) in [7, 11) is 1.78. The number of aliphatic imine (C=N–C) groups is 1. The number of nitrogens with zero attached hydrogens (tertiary/aromatic N) is 3. The Balaban J connectivity index is 1.70. The summed E-state index contributed by atoms with van der Waals surface area (Å²) in [5.74, 6) is 0.789. The van der Waals surface area contributed by atoms with Gasteiger partial charge in [-0.2, -0.15) is 0 Å². The maximum Gasteiger partial charge on any atom is 0.410 e. The molecule has 0 atom stereocenters. The molecule has 30 heavy (non-hydrogen) atoms. The SMILES string of the molecule is CCN(CCNC(=NC)NC1CCN(Cc2ccccc2)CC1)C(=O)OC(C)(C)C. The van der Waals surface area contributed by atoms with Gasteiger partial charge in [-0.15, -0.1) is 0 Å². The fourth-order valence-electron chi connectivity index (χ4n) is 3.48. The van der Waals surface area contributed by atoms with Gasteiger partial charge >= 0.3 is 6.09 Å². The first-order valence-corrected chi connectivity index (χ1v) is 11.0. The number of ether oxygens (including phenoxy) is 1. The van der Waals surface area contributed by atoms with E-state index in [0.29, 0.717) is 25.7 Å². The third-order valence-corrected chi connectivity index (χ3v) is 5.11. The summed E-state index contributed by atoms with van der Waals surface area (Å²) < 4.78 is 5.46. The Hall–Kier alpha value is -2.28. The lowest BCUT2D eigenvalue weighted by atomic mass is 10.0. The summed E-state index contributed by atoms with van der Waals surface area (Å²) in [4.78, 5) is 20.8. The van der Waals surface area contributed by atoms with Gasteiger partial charge in [0.25, 0.3) is 0 Å². The second-order valence-electron chi connectivity index (χ2n) is 8.74. The van der Waals surface area contributed by atoms with Crippen LogP contribution in [-0.2, 0) is 11.3 Å². The number of piperidine rings is 1. The van der Waals surface area contributed by atoms with Gasteiger partial charge in [0.05, 0.1) is 0 Å². The number of guanidine groups is 1. The molecular formula is C23H39N5O2. The van der Waals surface area contributed by atoms with E-state index in [2.05, 4.69) is 50.9 Å². The molecule has 1 amide bonds. The van der Waals surface area contributed by atoms with E-state index in [0.717, 1.165) is 38.4 Å². The standard InChI is InChI=1S/C23H39N5O2/c1-6-28(22(29)30-23(2,3)4)17-14-25-21(24-5)26-20-12-15-27(16-13-20)18-19-10-8-7-9-11-19/h7-11,20H,6,12-18H2,1-5H3,(H2,24,25,26). The van der Waals surface area contributed by atoms with Gasteiger partial charge in [0.2, 0.25) is 0 Å². The van der Waals surface area contributed by atoms with Gasteiger partial charge in [-0.05, 0) is 46.1 Å². The number of likely N-dealkylation sites (N-methyl/N-ethyl adjacent to an activating group) is 1. The molecule has 7 heteroatoms. The minimum absolute atomic E-state index is 0.277. The van der Waals surface area contributed by atoms with Crippen molar-refractivity contribution in [3.8, 4) is 0 Å². The summed E-state index contributed by atoms with van der Waals surface area (Å²) in [6, 6.07) is 11.0. The number of benzene rings is 1. The Labute approximate surface area is 181 Å². The molecule has 0 radical (unpaired) electrons. The van der Waals surface area contributed by atoms with Crippen LogP contribution in [0.2, 0.25) is 0 Å². The van der Waals surface area contributed by atoms with E-state index in [9.17, 15) is 4.79 Å². The molecule has 0 bridgehead atoms. The molecule has 1 aliphatic heterocycles. The lowest BCUT2D eigenvalue weighted by Crippen LogP contribution is -2.50. The summed E-state index contributed by atoms with van der Waals surface area (Å²) in [5.41, 5.74) is 0.886. The number of nitrogens with one attached hydrogen (secondary N) is 2. The zero-order valence-corrected chi connectivity index (χ0v) is 19.3. The zero-order chi connectivity index (χ0) is 22.0. The van der Waals surface area contributed by atoms with Gasteiger partial charge in [0, 0.05) is 52.4 Å². The average Bonchev–Trinajstić information content (AvgIpc) is 2.71. The van der Waals surface area contributed by atoms with Crippen LogP contribution in [0, 0.1) is 0 Å². The molecule has 2 N–H and O–H groups in total. The van der Waals surface area contributed by atoms with E-state index in [1.165, 1.54) is 5.56 Å². The highest BCUT2D eigenvalue weighted by Gasteiger charge is 2.22. The number of amides is 1. The van der Waals surface area contributed by atoms with Crippen LogP contribution in [0.15, 0.2) is 35.3 Å². The van der Waals surface area contributed by atoms with E-state index in [4.69, 9.17) is 4.74 Å². The first kappa shape index (κ1) is 24.0. The van der Waals surface area contributed by atoms with E-state index in [1.807, 2.05) is 27.7 Å². The number of likely N-dealkylation sites (tertiary alicyclic amines) is 1. The van der Waals surface area contributed by atoms with Crippen molar-refractivity contribution in [2.45, 2.75) is 58.7 Å². The quantitative estimate of drug-likeness (QED) is 0.527. The van der Waals surface area contributed by atoms with E-state index < -0.39 is 5.60 Å². The second kappa shape index (κ2) is 11.8. The number of carbonyl (C=O) groups is 1. The van der Waals surface area contributed by atoms with Gasteiger partial charge in [-0.1, -0.05) is 30.3 Å². The molecule has 0 aliphatic carbocycles. The summed E-state index contributed by atoms with van der Waals surface area (Å²) in [5, 5.41) is 6.85. The smallest absolute Gasteiger partial charge is 0.410 e. The largest absolute Gasteiger partial charge is 0.444 e. The first-order valence-electron chi connectivity index (χ1n) is 11.0. The van der Waals surface area contributed by atoms with Crippen LogP contribution in [0.3, 0.4) is 0 Å². The maximum atomic E-state index is 12.2. The molecule has 1 aromatic rings. The Kier molecular flexibility index (Phi) is 9.43.